The smallest absolute Gasteiger partial charge is 0.318 e. The average Bonchev–Trinajstić information content (AvgIpc) is 1.68. The summed E-state index contributed by atoms with van der Waals surface area (Å²) < 4.78 is 0. The minimum atomic E-state index is -0.750. The first-order valence-corrected chi connectivity index (χ1v) is 1.65. The van der Waals surface area contributed by atoms with Crippen LogP contribution in [-0.4, -0.2) is 21.3 Å². The molecule has 0 radical (unpaired) electrons. The number of aliphatic hydroxyl groups excluding tert-OH is 1. The fourth-order valence-corrected chi connectivity index (χ4v) is 0.281. The second-order valence-corrected chi connectivity index (χ2v) is 1.16. The molecule has 0 aromatic rings. The summed E-state index contributed by atoms with van der Waals surface area (Å²) in [5, 5.41) is 16.6. The Morgan fingerprint density at radius 1 is 1.71 bits per heavy atom. The van der Waals surface area contributed by atoms with Crippen molar-refractivity contribution in [1.29, 1.82) is 0 Å². The van der Waals surface area contributed by atoms with Crippen molar-refractivity contribution in [2.24, 2.45) is 0 Å². The van der Waals surface area contributed by atoms with Crippen molar-refractivity contribution >= 4 is 5.91 Å². The highest BCUT2D eigenvalue weighted by molar-refractivity contribution is 5.96. The van der Waals surface area contributed by atoms with E-state index >= 15 is 0 Å². The van der Waals surface area contributed by atoms with Gasteiger partial charge in [-0.3, -0.25) is 10.0 Å². The Morgan fingerprint density at radius 3 is 2.29 bits per heavy atom. The lowest BCUT2D eigenvalue weighted by Crippen LogP contribution is -2.32. The van der Waals surface area contributed by atoms with Gasteiger partial charge in [0.25, 0.3) is 0 Å². The van der Waals surface area contributed by atoms with E-state index in [9.17, 15) is 4.79 Å². The maximum absolute atomic E-state index is 9.92. The second kappa shape index (κ2) is 0.974. The molecule has 0 aliphatic carbocycles. The Labute approximate surface area is 39.2 Å². The van der Waals surface area contributed by atoms with Crippen molar-refractivity contribution in [2.75, 3.05) is 0 Å². The van der Waals surface area contributed by atoms with Crippen LogP contribution in [0, 0.1) is 0 Å². The van der Waals surface area contributed by atoms with Crippen LogP contribution in [0.25, 0.3) is 0 Å². The van der Waals surface area contributed by atoms with Gasteiger partial charge in [0.15, 0.2) is 0 Å². The predicted octanol–water partition coefficient (Wildman–Crippen LogP) is -0.383. The van der Waals surface area contributed by atoms with E-state index < -0.39 is 11.7 Å². The third kappa shape index (κ3) is 0.364. The Balaban J connectivity index is 2.75. The minimum absolute atomic E-state index is 0.315. The van der Waals surface area contributed by atoms with Crippen molar-refractivity contribution in [3.63, 3.8) is 0 Å². The first-order valence-electron chi connectivity index (χ1n) is 1.65. The van der Waals surface area contributed by atoms with E-state index in [-0.39, 0.29) is 0 Å². The summed E-state index contributed by atoms with van der Waals surface area (Å²) in [7, 11) is 0. The lowest BCUT2D eigenvalue weighted by Gasteiger charge is -2.16. The molecular formula is C3H3NO3. The molecule has 1 amide bonds. The first kappa shape index (κ1) is 4.14. The summed E-state index contributed by atoms with van der Waals surface area (Å²) in [6, 6.07) is 0. The molecule has 0 aromatic heterocycles. The summed E-state index contributed by atoms with van der Waals surface area (Å²) in [4.78, 5) is 9.92. The van der Waals surface area contributed by atoms with Crippen LogP contribution in [0.2, 0.25) is 0 Å². The lowest BCUT2D eigenvalue weighted by molar-refractivity contribution is -0.161. The Morgan fingerprint density at radius 2 is 2.29 bits per heavy atom. The second-order valence-electron chi connectivity index (χ2n) is 1.16. The molecule has 0 unspecified atom stereocenters. The number of hydrogen-bond acceptors (Lipinski definition) is 3. The van der Waals surface area contributed by atoms with Gasteiger partial charge < -0.3 is 5.11 Å². The molecule has 0 saturated carbocycles. The monoisotopic (exact) mass is 101 g/mol. The first-order chi connectivity index (χ1) is 3.22. The van der Waals surface area contributed by atoms with Gasteiger partial charge in [0.1, 0.15) is 0 Å². The van der Waals surface area contributed by atoms with Gasteiger partial charge in [-0.25, -0.2) is 0 Å². The van der Waals surface area contributed by atoms with Gasteiger partial charge in [0.2, 0.25) is 5.76 Å². The molecule has 0 bridgehead atoms. The normalized spacial score (nSPS) is 18.7. The molecular weight excluding hydrogens is 98.0 g/mol. The van der Waals surface area contributed by atoms with Gasteiger partial charge in [-0.1, -0.05) is 0 Å². The van der Waals surface area contributed by atoms with Gasteiger partial charge in [-0.2, -0.15) is 5.06 Å². The SMILES string of the molecule is O=C1C(O)=CN1O. The molecule has 1 aliphatic heterocycles. The topological polar surface area (TPSA) is 60.8 Å². The number of hydrogen-bond donors (Lipinski definition) is 2. The molecule has 0 fully saturated rings. The highest BCUT2D eigenvalue weighted by Gasteiger charge is 2.24. The van der Waals surface area contributed by atoms with Crippen molar-refractivity contribution < 1.29 is 15.1 Å². The van der Waals surface area contributed by atoms with Crippen LogP contribution in [0.15, 0.2) is 12.0 Å². The van der Waals surface area contributed by atoms with Crippen LogP contribution in [0.3, 0.4) is 0 Å². The fourth-order valence-electron chi connectivity index (χ4n) is 0.281. The quantitative estimate of drug-likeness (QED) is 0.409. The van der Waals surface area contributed by atoms with E-state index in [1.54, 1.807) is 0 Å². The van der Waals surface area contributed by atoms with Crippen molar-refractivity contribution in [1.82, 2.24) is 5.06 Å². The van der Waals surface area contributed by atoms with E-state index in [0.29, 0.717) is 5.06 Å². The third-order valence-electron chi connectivity index (χ3n) is 0.672. The number of nitrogens with zero attached hydrogens (tertiary/aromatic N) is 1. The zero-order chi connectivity index (χ0) is 5.44. The summed E-state index contributed by atoms with van der Waals surface area (Å²) >= 11 is 0. The number of hydroxylamine groups is 2. The standard InChI is InChI=1S/C3H3NO3/c5-2-1-4(7)3(2)6/h1,5,7H. The van der Waals surface area contributed by atoms with E-state index in [2.05, 4.69) is 0 Å². The third-order valence-corrected chi connectivity index (χ3v) is 0.672. The van der Waals surface area contributed by atoms with E-state index in [1.165, 1.54) is 0 Å². The summed E-state index contributed by atoms with van der Waals surface area (Å²) in [5.41, 5.74) is 0. The van der Waals surface area contributed by atoms with Crippen LogP contribution >= 0.6 is 0 Å². The Hall–Kier alpha value is -1.03. The van der Waals surface area contributed by atoms with Crippen LogP contribution in [-0.2, 0) is 4.79 Å². The summed E-state index contributed by atoms with van der Waals surface area (Å²) in [6.07, 6.45) is 0.919. The Bertz CT molecular complexity index is 139. The molecule has 4 heteroatoms. The molecule has 0 spiro atoms. The summed E-state index contributed by atoms with van der Waals surface area (Å²) in [6.45, 7) is 0. The molecule has 0 saturated heterocycles. The van der Waals surface area contributed by atoms with Gasteiger partial charge in [0.05, 0.1) is 6.20 Å². The molecule has 2 N–H and O–H groups in total. The fraction of sp³-hybridized carbons (Fsp3) is 0. The van der Waals surface area contributed by atoms with Gasteiger partial charge in [-0.05, 0) is 0 Å². The van der Waals surface area contributed by atoms with Gasteiger partial charge in [0, 0.05) is 0 Å². The van der Waals surface area contributed by atoms with Gasteiger partial charge >= 0.3 is 5.91 Å². The molecule has 0 aromatic carbocycles. The molecule has 1 aliphatic rings. The molecule has 4 nitrogen and oxygen atoms in total. The number of carbonyl (C=O) groups excluding carboxylic acids is 1. The number of rotatable bonds is 0. The zero-order valence-electron chi connectivity index (χ0n) is 3.33. The summed E-state index contributed by atoms with van der Waals surface area (Å²) in [5.74, 6) is -1.15. The van der Waals surface area contributed by atoms with Crippen molar-refractivity contribution in [3.8, 4) is 0 Å². The van der Waals surface area contributed by atoms with Crippen LogP contribution < -0.4 is 0 Å². The lowest BCUT2D eigenvalue weighted by atomic mass is 10.4. The van der Waals surface area contributed by atoms with Crippen molar-refractivity contribution in [3.05, 3.63) is 12.0 Å². The number of carbonyl (C=O) groups is 1. The van der Waals surface area contributed by atoms with E-state index in [0.717, 1.165) is 6.20 Å². The van der Waals surface area contributed by atoms with Gasteiger partial charge in [-0.15, -0.1) is 0 Å². The number of aliphatic hydroxyl groups is 1. The molecule has 7 heavy (non-hydrogen) atoms. The maximum Gasteiger partial charge on any atom is 0.318 e. The predicted molar refractivity (Wildman–Crippen MR) is 19.3 cm³/mol. The van der Waals surface area contributed by atoms with Crippen LogP contribution in [0.4, 0.5) is 0 Å². The van der Waals surface area contributed by atoms with Crippen LogP contribution in [0.5, 0.6) is 0 Å². The molecule has 1 heterocycles. The Kier molecular flexibility index (Phi) is 0.575. The minimum Gasteiger partial charge on any atom is -0.502 e. The molecule has 0 atom stereocenters. The zero-order valence-corrected chi connectivity index (χ0v) is 3.33. The van der Waals surface area contributed by atoms with Crippen LogP contribution in [0.1, 0.15) is 0 Å². The van der Waals surface area contributed by atoms with Crippen molar-refractivity contribution in [2.45, 2.75) is 0 Å². The van der Waals surface area contributed by atoms with E-state index in [4.69, 9.17) is 10.3 Å². The average molecular weight is 101 g/mol. The molecule has 38 valence electrons. The maximum atomic E-state index is 9.92. The largest absolute Gasteiger partial charge is 0.502 e. The number of amides is 1. The molecule has 1 rings (SSSR count). The highest BCUT2D eigenvalue weighted by atomic mass is 16.5. The highest BCUT2D eigenvalue weighted by Crippen LogP contribution is 2.06. The van der Waals surface area contributed by atoms with E-state index in [1.807, 2.05) is 0 Å².